The van der Waals surface area contributed by atoms with E-state index in [9.17, 15) is 14.7 Å². The predicted molar refractivity (Wildman–Crippen MR) is 141 cm³/mol. The number of carboxylic acids is 1. The molecule has 3 rings (SSSR count). The molecule has 0 fully saturated rings. The highest BCUT2D eigenvalue weighted by atomic mass is 35.5. The summed E-state index contributed by atoms with van der Waals surface area (Å²) in [7, 11) is 0. The number of thiazole rings is 1. The number of hydrogen-bond acceptors (Lipinski definition) is 6. The number of allylic oxidation sites excluding steroid dienone is 1. The Hall–Kier alpha value is -2.26. The van der Waals surface area contributed by atoms with Gasteiger partial charge in [-0.3, -0.25) is 14.6 Å². The van der Waals surface area contributed by atoms with Crippen molar-refractivity contribution < 1.29 is 14.7 Å². The molecule has 10 heteroatoms. The Morgan fingerprint density at radius 1 is 1.15 bits per heavy atom. The summed E-state index contributed by atoms with van der Waals surface area (Å²) < 4.78 is 0. The number of aliphatic imine (C=N–C) groups is 1. The molecule has 2 unspecified atom stereocenters. The molecule has 1 aromatic carbocycles. The van der Waals surface area contributed by atoms with E-state index in [1.165, 1.54) is 11.3 Å². The summed E-state index contributed by atoms with van der Waals surface area (Å²) in [6.07, 6.45) is 2.15. The van der Waals surface area contributed by atoms with Gasteiger partial charge in [0, 0.05) is 36.0 Å². The molecule has 2 aromatic rings. The zero-order chi connectivity index (χ0) is 23.7. The fourth-order valence-electron chi connectivity index (χ4n) is 4.88. The lowest BCUT2D eigenvalue weighted by Gasteiger charge is -2.50. The molecule has 1 aliphatic heterocycles. The highest BCUT2D eigenvalue weighted by Crippen LogP contribution is 2.54. The SMILES string of the molecule is CC1=NC(CC(C)C)=C(CN)C(C(N)=O)(c2ccc(C)cc2)C1(Cc1nccs1)C(=O)O.Cl.Cl. The molecule has 2 atom stereocenters. The largest absolute Gasteiger partial charge is 0.480 e. The standard InChI is InChI=1S/C24H30N4O3S.2ClH/c1-14(2)11-19-18(13-25)24(21(26)29,17-7-5-15(3)6-8-17)23(22(30)31,16(4)28-19)12-20-27-9-10-32-20;;/h5-10,14H,11-13,25H2,1-4H3,(H2,26,29)(H,30,31);2*1H. The fraction of sp³-hybridized carbons (Fsp3) is 0.417. The van der Waals surface area contributed by atoms with Crippen molar-refractivity contribution in [3.05, 3.63) is 63.2 Å². The molecule has 1 amide bonds. The van der Waals surface area contributed by atoms with Crippen LogP contribution in [0.1, 0.15) is 43.3 Å². The van der Waals surface area contributed by atoms with Crippen molar-refractivity contribution >= 4 is 53.7 Å². The van der Waals surface area contributed by atoms with Gasteiger partial charge in [-0.05, 0) is 37.3 Å². The summed E-state index contributed by atoms with van der Waals surface area (Å²) in [5.41, 5.74) is 11.9. The normalized spacial score (nSPS) is 22.0. The molecule has 0 bridgehead atoms. The fourth-order valence-corrected chi connectivity index (χ4v) is 5.58. The highest BCUT2D eigenvalue weighted by Gasteiger charge is 2.67. The van der Waals surface area contributed by atoms with E-state index in [1.54, 1.807) is 30.6 Å². The van der Waals surface area contributed by atoms with Crippen LogP contribution in [0.3, 0.4) is 0 Å². The Labute approximate surface area is 216 Å². The van der Waals surface area contributed by atoms with Crippen molar-refractivity contribution in [3.8, 4) is 0 Å². The van der Waals surface area contributed by atoms with Crippen molar-refractivity contribution in [3.63, 3.8) is 0 Å². The van der Waals surface area contributed by atoms with E-state index >= 15 is 0 Å². The summed E-state index contributed by atoms with van der Waals surface area (Å²) in [6.45, 7) is 7.64. The Morgan fingerprint density at radius 2 is 1.76 bits per heavy atom. The third kappa shape index (κ3) is 4.64. The summed E-state index contributed by atoms with van der Waals surface area (Å²) in [5, 5.41) is 13.1. The number of amides is 1. The number of primary amides is 1. The molecule has 7 nitrogen and oxygen atoms in total. The molecular weight excluding hydrogens is 495 g/mol. The zero-order valence-corrected chi connectivity index (χ0v) is 22.1. The maximum atomic E-state index is 13.6. The van der Waals surface area contributed by atoms with E-state index in [-0.39, 0.29) is 43.7 Å². The minimum Gasteiger partial charge on any atom is -0.480 e. The second kappa shape index (κ2) is 11.4. The molecule has 0 aliphatic carbocycles. The first-order valence-electron chi connectivity index (χ1n) is 10.6. The number of carbonyl (C=O) groups is 2. The number of halogens is 2. The summed E-state index contributed by atoms with van der Waals surface area (Å²) in [5.74, 6) is -1.71. The summed E-state index contributed by atoms with van der Waals surface area (Å²) in [4.78, 5) is 35.8. The van der Waals surface area contributed by atoms with Gasteiger partial charge >= 0.3 is 5.97 Å². The molecule has 0 saturated heterocycles. The lowest BCUT2D eigenvalue weighted by atomic mass is 9.51. The first-order valence-corrected chi connectivity index (χ1v) is 11.5. The number of aromatic nitrogens is 1. The van der Waals surface area contributed by atoms with Gasteiger partial charge in [0.1, 0.15) is 10.8 Å². The van der Waals surface area contributed by atoms with Gasteiger partial charge in [0.2, 0.25) is 5.91 Å². The predicted octanol–water partition coefficient (Wildman–Crippen LogP) is 4.07. The third-order valence-corrected chi connectivity index (χ3v) is 7.07. The smallest absolute Gasteiger partial charge is 0.317 e. The van der Waals surface area contributed by atoms with Crippen LogP contribution >= 0.6 is 36.2 Å². The maximum absolute atomic E-state index is 13.6. The van der Waals surface area contributed by atoms with E-state index in [1.807, 2.05) is 32.9 Å². The number of nitrogens with zero attached hydrogens (tertiary/aromatic N) is 2. The van der Waals surface area contributed by atoms with Crippen molar-refractivity contribution in [2.75, 3.05) is 6.54 Å². The number of carboxylic acid groups (broad SMARTS) is 1. The van der Waals surface area contributed by atoms with Crippen LogP contribution in [0.5, 0.6) is 0 Å². The van der Waals surface area contributed by atoms with Crippen molar-refractivity contribution in [2.24, 2.45) is 27.8 Å². The van der Waals surface area contributed by atoms with Gasteiger partial charge in [0.05, 0.1) is 5.01 Å². The van der Waals surface area contributed by atoms with Gasteiger partial charge in [-0.2, -0.15) is 0 Å². The minimum absolute atomic E-state index is 0. The number of aliphatic carboxylic acids is 1. The number of carbonyl (C=O) groups excluding carboxylic acids is 1. The molecule has 0 radical (unpaired) electrons. The van der Waals surface area contributed by atoms with Crippen LogP contribution in [-0.2, 0) is 21.4 Å². The van der Waals surface area contributed by atoms with Crippen LogP contribution in [-0.4, -0.2) is 34.2 Å². The van der Waals surface area contributed by atoms with Crippen molar-refractivity contribution in [1.29, 1.82) is 0 Å². The van der Waals surface area contributed by atoms with E-state index in [2.05, 4.69) is 4.98 Å². The Balaban J connectivity index is 0.00000289. The lowest BCUT2D eigenvalue weighted by Crippen LogP contribution is -2.65. The number of benzene rings is 1. The lowest BCUT2D eigenvalue weighted by molar-refractivity contribution is -0.151. The summed E-state index contributed by atoms with van der Waals surface area (Å²) >= 11 is 1.34. The summed E-state index contributed by atoms with van der Waals surface area (Å²) in [6, 6.07) is 7.27. The Kier molecular flexibility index (Phi) is 10.0. The number of rotatable bonds is 8. The average molecular weight is 528 g/mol. The first kappa shape index (κ1) is 29.8. The molecule has 2 heterocycles. The molecule has 34 heavy (non-hydrogen) atoms. The maximum Gasteiger partial charge on any atom is 0.317 e. The molecule has 0 spiro atoms. The van der Waals surface area contributed by atoms with Crippen LogP contribution in [0, 0.1) is 18.3 Å². The van der Waals surface area contributed by atoms with Gasteiger partial charge in [0.15, 0.2) is 0 Å². The van der Waals surface area contributed by atoms with E-state index in [0.717, 1.165) is 5.56 Å². The number of nitrogens with two attached hydrogens (primary N) is 2. The third-order valence-electron chi connectivity index (χ3n) is 6.29. The van der Waals surface area contributed by atoms with Crippen LogP contribution in [0.4, 0.5) is 0 Å². The molecular formula is C24H32Cl2N4O3S. The Morgan fingerprint density at radius 3 is 2.21 bits per heavy atom. The van der Waals surface area contributed by atoms with E-state index in [4.69, 9.17) is 16.5 Å². The van der Waals surface area contributed by atoms with Gasteiger partial charge in [0.25, 0.3) is 0 Å². The monoisotopic (exact) mass is 526 g/mol. The van der Waals surface area contributed by atoms with E-state index in [0.29, 0.717) is 34.0 Å². The van der Waals surface area contributed by atoms with Crippen molar-refractivity contribution in [1.82, 2.24) is 4.98 Å². The van der Waals surface area contributed by atoms with Gasteiger partial charge in [-0.15, -0.1) is 36.2 Å². The second-order valence-corrected chi connectivity index (χ2v) is 9.70. The molecule has 1 aromatic heterocycles. The van der Waals surface area contributed by atoms with Crippen LogP contribution in [0.2, 0.25) is 0 Å². The Bertz CT molecular complexity index is 1080. The van der Waals surface area contributed by atoms with E-state index < -0.39 is 22.7 Å². The highest BCUT2D eigenvalue weighted by molar-refractivity contribution is 7.09. The average Bonchev–Trinajstić information content (AvgIpc) is 3.22. The van der Waals surface area contributed by atoms with Gasteiger partial charge in [-0.1, -0.05) is 43.7 Å². The van der Waals surface area contributed by atoms with Crippen LogP contribution < -0.4 is 11.5 Å². The number of hydrogen-bond donors (Lipinski definition) is 3. The quantitative estimate of drug-likeness (QED) is 0.476. The van der Waals surface area contributed by atoms with Crippen LogP contribution in [0.25, 0.3) is 0 Å². The zero-order valence-electron chi connectivity index (χ0n) is 19.7. The van der Waals surface area contributed by atoms with Crippen molar-refractivity contribution in [2.45, 2.75) is 46.0 Å². The molecule has 186 valence electrons. The van der Waals surface area contributed by atoms with Gasteiger partial charge in [-0.25, -0.2) is 4.98 Å². The topological polar surface area (TPSA) is 132 Å². The molecule has 0 saturated carbocycles. The minimum atomic E-state index is -1.76. The number of aryl methyl sites for hydroxylation is 1. The molecule has 1 aliphatic rings. The van der Waals surface area contributed by atoms with Crippen LogP contribution in [0.15, 0.2) is 52.1 Å². The van der Waals surface area contributed by atoms with Gasteiger partial charge < -0.3 is 16.6 Å². The first-order chi connectivity index (χ1) is 15.1. The second-order valence-electron chi connectivity index (χ2n) is 8.72. The molecule has 5 N–H and O–H groups in total.